The zero-order valence-corrected chi connectivity index (χ0v) is 14.6. The Kier molecular flexibility index (Phi) is 5.33. The molecule has 0 aliphatic heterocycles. The molecule has 1 aromatic heterocycles. The van der Waals surface area contributed by atoms with E-state index in [9.17, 15) is 8.42 Å². The number of halogens is 1. The Morgan fingerprint density at radius 1 is 1.30 bits per heavy atom. The van der Waals surface area contributed by atoms with Gasteiger partial charge in [0.05, 0.1) is 30.4 Å². The first-order valence-corrected chi connectivity index (χ1v) is 8.95. The average molecular weight is 356 g/mol. The first kappa shape index (κ1) is 17.4. The molecule has 6 nitrogen and oxygen atoms in total. The highest BCUT2D eigenvalue weighted by atomic mass is 35.5. The van der Waals surface area contributed by atoms with Gasteiger partial charge in [0.1, 0.15) is 11.6 Å². The van der Waals surface area contributed by atoms with Crippen LogP contribution in [0.4, 0.5) is 17.2 Å². The minimum absolute atomic E-state index is 0.00404. The van der Waals surface area contributed by atoms with Crippen LogP contribution in [-0.2, 0) is 10.0 Å². The second kappa shape index (κ2) is 7.06. The van der Waals surface area contributed by atoms with Crippen molar-refractivity contribution >= 4 is 38.8 Å². The maximum atomic E-state index is 11.5. The van der Waals surface area contributed by atoms with E-state index in [1.54, 1.807) is 32.2 Å². The molecule has 124 valence electrons. The van der Waals surface area contributed by atoms with Crippen LogP contribution in [0.5, 0.6) is 5.75 Å². The number of aryl methyl sites for hydroxylation is 1. The van der Waals surface area contributed by atoms with Gasteiger partial charge in [-0.05, 0) is 37.6 Å². The van der Waals surface area contributed by atoms with Crippen LogP contribution < -0.4 is 14.8 Å². The minimum Gasteiger partial charge on any atom is -0.495 e. The Morgan fingerprint density at radius 3 is 2.61 bits per heavy atom. The third-order valence-corrected chi connectivity index (χ3v) is 4.85. The summed E-state index contributed by atoms with van der Waals surface area (Å²) in [5.41, 5.74) is 2.36. The summed E-state index contributed by atoms with van der Waals surface area (Å²) >= 11 is 6.08. The van der Waals surface area contributed by atoms with Gasteiger partial charge in [0, 0.05) is 11.1 Å². The first-order valence-electron chi connectivity index (χ1n) is 6.92. The van der Waals surface area contributed by atoms with Crippen molar-refractivity contribution in [2.75, 3.05) is 22.9 Å². The lowest BCUT2D eigenvalue weighted by Gasteiger charge is -2.13. The summed E-state index contributed by atoms with van der Waals surface area (Å²) in [6.07, 6.45) is 1.54. The normalized spacial score (nSPS) is 11.1. The molecule has 2 aromatic rings. The standard InChI is InChI=1S/C15H18ClN3O3S/c1-4-23(20,21)19-15-6-5-11(9-17-15)18-13-7-10(2)12(16)8-14(13)22-3/h5-9,18H,4H2,1-3H3,(H,17,19). The van der Waals surface area contributed by atoms with E-state index in [1.807, 2.05) is 13.0 Å². The molecule has 0 bridgehead atoms. The maximum Gasteiger partial charge on any atom is 0.233 e. The van der Waals surface area contributed by atoms with Crippen LogP contribution in [0.2, 0.25) is 5.02 Å². The van der Waals surface area contributed by atoms with Crippen LogP contribution in [0.1, 0.15) is 12.5 Å². The van der Waals surface area contributed by atoms with Crippen molar-refractivity contribution < 1.29 is 13.2 Å². The summed E-state index contributed by atoms with van der Waals surface area (Å²) in [6.45, 7) is 3.46. The number of nitrogens with zero attached hydrogens (tertiary/aromatic N) is 1. The lowest BCUT2D eigenvalue weighted by atomic mass is 10.2. The second-order valence-corrected chi connectivity index (χ2v) is 7.28. The molecule has 0 unspecified atom stereocenters. The number of rotatable bonds is 6. The maximum absolute atomic E-state index is 11.5. The molecule has 23 heavy (non-hydrogen) atoms. The Balaban J connectivity index is 2.20. The number of pyridine rings is 1. The monoisotopic (exact) mass is 355 g/mol. The molecule has 8 heteroatoms. The molecular weight excluding hydrogens is 338 g/mol. The number of benzene rings is 1. The van der Waals surface area contributed by atoms with Crippen molar-refractivity contribution in [3.05, 3.63) is 41.0 Å². The van der Waals surface area contributed by atoms with Gasteiger partial charge in [-0.25, -0.2) is 13.4 Å². The van der Waals surface area contributed by atoms with Gasteiger partial charge >= 0.3 is 0 Å². The van der Waals surface area contributed by atoms with Gasteiger partial charge in [-0.15, -0.1) is 0 Å². The van der Waals surface area contributed by atoms with Gasteiger partial charge in [0.2, 0.25) is 10.0 Å². The number of hydrogen-bond acceptors (Lipinski definition) is 5. The Labute approximate surface area is 140 Å². The smallest absolute Gasteiger partial charge is 0.233 e. The molecule has 0 radical (unpaired) electrons. The van der Waals surface area contributed by atoms with Crippen LogP contribution >= 0.6 is 11.6 Å². The van der Waals surface area contributed by atoms with Gasteiger partial charge in [0.25, 0.3) is 0 Å². The van der Waals surface area contributed by atoms with Gasteiger partial charge in [-0.2, -0.15) is 0 Å². The minimum atomic E-state index is -3.33. The Hall–Kier alpha value is -1.99. The largest absolute Gasteiger partial charge is 0.495 e. The fourth-order valence-corrected chi connectivity index (χ4v) is 2.58. The predicted molar refractivity (Wildman–Crippen MR) is 93.3 cm³/mol. The predicted octanol–water partition coefficient (Wildman–Crippen LogP) is 3.56. The summed E-state index contributed by atoms with van der Waals surface area (Å²) < 4.78 is 30.7. The van der Waals surface area contributed by atoms with Crippen molar-refractivity contribution in [2.45, 2.75) is 13.8 Å². The molecular formula is C15H18ClN3O3S. The van der Waals surface area contributed by atoms with E-state index in [0.717, 1.165) is 11.3 Å². The number of aromatic nitrogens is 1. The number of hydrogen-bond donors (Lipinski definition) is 2. The first-order chi connectivity index (χ1) is 10.8. The van der Waals surface area contributed by atoms with Gasteiger partial charge in [0.15, 0.2) is 0 Å². The van der Waals surface area contributed by atoms with Crippen molar-refractivity contribution in [1.29, 1.82) is 0 Å². The molecule has 0 saturated heterocycles. The van der Waals surface area contributed by atoms with Crippen LogP contribution in [-0.4, -0.2) is 26.3 Å². The zero-order valence-electron chi connectivity index (χ0n) is 13.1. The number of ether oxygens (including phenoxy) is 1. The fourth-order valence-electron chi connectivity index (χ4n) is 1.85. The van der Waals surface area contributed by atoms with Crippen molar-refractivity contribution in [3.63, 3.8) is 0 Å². The lowest BCUT2D eigenvalue weighted by molar-refractivity contribution is 0.417. The Bertz CT molecular complexity index is 792. The van der Waals surface area contributed by atoms with E-state index in [0.29, 0.717) is 16.5 Å². The van der Waals surface area contributed by atoms with Gasteiger partial charge in [-0.1, -0.05) is 11.6 Å². The van der Waals surface area contributed by atoms with E-state index < -0.39 is 10.0 Å². The van der Waals surface area contributed by atoms with Gasteiger partial charge < -0.3 is 10.1 Å². The quantitative estimate of drug-likeness (QED) is 0.828. The Morgan fingerprint density at radius 2 is 2.04 bits per heavy atom. The second-order valence-electron chi connectivity index (χ2n) is 4.86. The van der Waals surface area contributed by atoms with E-state index in [2.05, 4.69) is 15.0 Å². The molecule has 0 saturated carbocycles. The summed E-state index contributed by atoms with van der Waals surface area (Å²) in [7, 11) is -1.77. The van der Waals surface area contributed by atoms with Crippen LogP contribution in [0.15, 0.2) is 30.5 Å². The van der Waals surface area contributed by atoms with E-state index in [1.165, 1.54) is 6.20 Å². The summed E-state index contributed by atoms with van der Waals surface area (Å²) in [5.74, 6) is 0.878. The third-order valence-electron chi connectivity index (χ3n) is 3.16. The molecule has 0 spiro atoms. The molecule has 1 aromatic carbocycles. The van der Waals surface area contributed by atoms with Crippen LogP contribution in [0.25, 0.3) is 0 Å². The van der Waals surface area contributed by atoms with E-state index in [4.69, 9.17) is 16.3 Å². The number of sulfonamides is 1. The number of nitrogens with one attached hydrogen (secondary N) is 2. The molecule has 0 amide bonds. The van der Waals surface area contributed by atoms with E-state index in [-0.39, 0.29) is 11.6 Å². The highest BCUT2D eigenvalue weighted by Gasteiger charge is 2.09. The molecule has 2 N–H and O–H groups in total. The average Bonchev–Trinajstić information content (AvgIpc) is 2.52. The summed E-state index contributed by atoms with van der Waals surface area (Å²) in [5, 5.41) is 3.79. The third kappa shape index (κ3) is 4.49. The SMILES string of the molecule is CCS(=O)(=O)Nc1ccc(Nc2cc(C)c(Cl)cc2OC)cn1. The number of methoxy groups -OCH3 is 1. The van der Waals surface area contributed by atoms with Crippen molar-refractivity contribution in [1.82, 2.24) is 4.98 Å². The molecule has 2 rings (SSSR count). The lowest BCUT2D eigenvalue weighted by Crippen LogP contribution is -2.15. The van der Waals surface area contributed by atoms with Crippen LogP contribution in [0.3, 0.4) is 0 Å². The molecule has 0 atom stereocenters. The fraction of sp³-hybridized carbons (Fsp3) is 0.267. The molecule has 1 heterocycles. The highest BCUT2D eigenvalue weighted by Crippen LogP contribution is 2.33. The number of anilines is 3. The van der Waals surface area contributed by atoms with Crippen LogP contribution in [0, 0.1) is 6.92 Å². The van der Waals surface area contributed by atoms with E-state index >= 15 is 0 Å². The summed E-state index contributed by atoms with van der Waals surface area (Å²) in [6, 6.07) is 6.92. The zero-order chi connectivity index (χ0) is 17.0. The van der Waals surface area contributed by atoms with Gasteiger partial charge in [-0.3, -0.25) is 4.72 Å². The highest BCUT2D eigenvalue weighted by molar-refractivity contribution is 7.92. The topological polar surface area (TPSA) is 80.3 Å². The molecule has 0 aliphatic rings. The summed E-state index contributed by atoms with van der Waals surface area (Å²) in [4.78, 5) is 4.08. The van der Waals surface area contributed by atoms with Crippen molar-refractivity contribution in [3.8, 4) is 5.75 Å². The molecule has 0 aliphatic carbocycles. The molecule has 0 fully saturated rings. The van der Waals surface area contributed by atoms with Crippen molar-refractivity contribution in [2.24, 2.45) is 0 Å².